The van der Waals surface area contributed by atoms with E-state index in [1.54, 1.807) is 0 Å². The van der Waals surface area contributed by atoms with Gasteiger partial charge in [0.2, 0.25) is 0 Å². The minimum atomic E-state index is 0.616. The molecule has 0 saturated heterocycles. The largest absolute Gasteiger partial charge is 0.326 e. The van der Waals surface area contributed by atoms with Crippen molar-refractivity contribution in [2.75, 3.05) is 0 Å². The number of rotatable bonds is 4. The Balaban J connectivity index is 2.07. The van der Waals surface area contributed by atoms with Crippen LogP contribution in [0.2, 0.25) is 0 Å². The van der Waals surface area contributed by atoms with Gasteiger partial charge in [0.05, 0.1) is 0 Å². The molecule has 0 amide bonds. The second-order valence-corrected chi connectivity index (χ2v) is 5.13. The third kappa shape index (κ3) is 3.35. The van der Waals surface area contributed by atoms with Crippen molar-refractivity contribution in [3.63, 3.8) is 0 Å². The summed E-state index contributed by atoms with van der Waals surface area (Å²) >= 11 is 1.86. The Kier molecular flexibility index (Phi) is 4.24. The Morgan fingerprint density at radius 2 is 1.76 bits per heavy atom. The van der Waals surface area contributed by atoms with Gasteiger partial charge in [-0.3, -0.25) is 0 Å². The van der Waals surface area contributed by atoms with Crippen molar-refractivity contribution in [3.8, 4) is 0 Å². The molecule has 0 aliphatic heterocycles. The molecule has 0 bridgehead atoms. The summed E-state index contributed by atoms with van der Waals surface area (Å²) in [5.41, 5.74) is 9.62. The quantitative estimate of drug-likeness (QED) is 0.828. The fourth-order valence-electron chi connectivity index (χ4n) is 1.76. The minimum absolute atomic E-state index is 0.616. The summed E-state index contributed by atoms with van der Waals surface area (Å²) in [4.78, 5) is 1.32. The van der Waals surface area contributed by atoms with Crippen molar-refractivity contribution in [2.24, 2.45) is 5.73 Å². The van der Waals surface area contributed by atoms with Crippen molar-refractivity contribution in [2.45, 2.75) is 24.1 Å². The van der Waals surface area contributed by atoms with Crippen LogP contribution >= 0.6 is 11.8 Å². The van der Waals surface area contributed by atoms with E-state index in [1.165, 1.54) is 21.6 Å². The lowest BCUT2D eigenvalue weighted by molar-refractivity contribution is 1.04. The van der Waals surface area contributed by atoms with E-state index < -0.39 is 0 Å². The summed E-state index contributed by atoms with van der Waals surface area (Å²) in [5, 5.41) is 0. The molecule has 0 aromatic heterocycles. The van der Waals surface area contributed by atoms with Gasteiger partial charge in [-0.2, -0.15) is 0 Å². The summed E-state index contributed by atoms with van der Waals surface area (Å²) in [5.74, 6) is 0.983. The molecule has 0 aliphatic carbocycles. The summed E-state index contributed by atoms with van der Waals surface area (Å²) in [6.45, 7) is 2.74. The summed E-state index contributed by atoms with van der Waals surface area (Å²) in [6, 6.07) is 17.0. The van der Waals surface area contributed by atoms with Gasteiger partial charge < -0.3 is 5.73 Å². The van der Waals surface area contributed by atoms with Gasteiger partial charge >= 0.3 is 0 Å². The lowest BCUT2D eigenvalue weighted by Gasteiger charge is -2.07. The maximum atomic E-state index is 5.73. The third-order valence-corrected chi connectivity index (χ3v) is 3.76. The average molecular weight is 243 g/mol. The molecule has 2 N–H and O–H groups in total. The molecule has 17 heavy (non-hydrogen) atoms. The molecule has 0 fully saturated rings. The predicted molar refractivity (Wildman–Crippen MR) is 75.1 cm³/mol. The van der Waals surface area contributed by atoms with Crippen LogP contribution in [0.25, 0.3) is 0 Å². The van der Waals surface area contributed by atoms with E-state index in [2.05, 4.69) is 49.4 Å². The van der Waals surface area contributed by atoms with E-state index in [0.717, 1.165) is 5.75 Å². The first-order valence-electron chi connectivity index (χ1n) is 5.76. The molecule has 2 aromatic carbocycles. The highest BCUT2D eigenvalue weighted by Gasteiger charge is 2.01. The Morgan fingerprint density at radius 3 is 2.47 bits per heavy atom. The molecule has 0 heterocycles. The van der Waals surface area contributed by atoms with E-state index in [4.69, 9.17) is 5.73 Å². The molecule has 0 unspecified atom stereocenters. The second kappa shape index (κ2) is 5.89. The Hall–Kier alpha value is -1.25. The van der Waals surface area contributed by atoms with Crippen LogP contribution in [0, 0.1) is 6.92 Å². The zero-order valence-electron chi connectivity index (χ0n) is 10.0. The van der Waals surface area contributed by atoms with Crippen LogP contribution in [0.5, 0.6) is 0 Å². The van der Waals surface area contributed by atoms with Gasteiger partial charge in [0, 0.05) is 17.2 Å². The van der Waals surface area contributed by atoms with Gasteiger partial charge in [-0.05, 0) is 30.2 Å². The first-order chi connectivity index (χ1) is 8.29. The number of thioether (sulfide) groups is 1. The van der Waals surface area contributed by atoms with Crippen LogP contribution in [0.3, 0.4) is 0 Å². The van der Waals surface area contributed by atoms with Crippen LogP contribution in [0.1, 0.15) is 16.7 Å². The molecule has 0 atom stereocenters. The third-order valence-electron chi connectivity index (χ3n) is 2.72. The van der Waals surface area contributed by atoms with Gasteiger partial charge in [0.25, 0.3) is 0 Å². The van der Waals surface area contributed by atoms with Crippen molar-refractivity contribution < 1.29 is 0 Å². The number of aryl methyl sites for hydroxylation is 1. The van der Waals surface area contributed by atoms with Crippen LogP contribution < -0.4 is 5.73 Å². The molecular weight excluding hydrogens is 226 g/mol. The van der Waals surface area contributed by atoms with Gasteiger partial charge in [-0.25, -0.2) is 0 Å². The lowest BCUT2D eigenvalue weighted by Crippen LogP contribution is -2.00. The van der Waals surface area contributed by atoms with E-state index in [-0.39, 0.29) is 0 Å². The van der Waals surface area contributed by atoms with Crippen LogP contribution in [-0.4, -0.2) is 0 Å². The maximum absolute atomic E-state index is 5.73. The van der Waals surface area contributed by atoms with Crippen molar-refractivity contribution in [1.29, 1.82) is 0 Å². The number of hydrogen-bond donors (Lipinski definition) is 1. The highest BCUT2D eigenvalue weighted by Crippen LogP contribution is 2.24. The topological polar surface area (TPSA) is 26.0 Å². The van der Waals surface area contributed by atoms with Gasteiger partial charge in [0.1, 0.15) is 0 Å². The lowest BCUT2D eigenvalue weighted by atomic mass is 10.1. The molecule has 2 aromatic rings. The maximum Gasteiger partial charge on any atom is 0.0235 e. The molecule has 0 spiro atoms. The molecule has 2 heteroatoms. The van der Waals surface area contributed by atoms with E-state index in [1.807, 2.05) is 17.8 Å². The fraction of sp³-hybridized carbons (Fsp3) is 0.200. The van der Waals surface area contributed by atoms with Crippen LogP contribution in [0.15, 0.2) is 53.4 Å². The van der Waals surface area contributed by atoms with E-state index >= 15 is 0 Å². The summed E-state index contributed by atoms with van der Waals surface area (Å²) in [6.07, 6.45) is 0. The minimum Gasteiger partial charge on any atom is -0.326 e. The number of hydrogen-bond acceptors (Lipinski definition) is 2. The van der Waals surface area contributed by atoms with Gasteiger partial charge in [-0.15, -0.1) is 11.8 Å². The number of nitrogens with two attached hydrogens (primary N) is 1. The molecular formula is C15H17NS. The molecule has 88 valence electrons. The second-order valence-electron chi connectivity index (χ2n) is 4.08. The molecule has 2 rings (SSSR count). The summed E-state index contributed by atoms with van der Waals surface area (Å²) < 4.78 is 0. The van der Waals surface area contributed by atoms with E-state index in [0.29, 0.717) is 6.54 Å². The highest BCUT2D eigenvalue weighted by atomic mass is 32.2. The Bertz CT molecular complexity index is 494. The molecule has 0 aliphatic rings. The Morgan fingerprint density at radius 1 is 1.00 bits per heavy atom. The van der Waals surface area contributed by atoms with Crippen molar-refractivity contribution >= 4 is 11.8 Å². The predicted octanol–water partition coefficient (Wildman–Crippen LogP) is 3.75. The van der Waals surface area contributed by atoms with Gasteiger partial charge in [-0.1, -0.05) is 42.0 Å². The molecule has 0 radical (unpaired) electrons. The zero-order chi connectivity index (χ0) is 12.1. The standard InChI is InChI=1S/C15H17NS/c1-12-5-4-8-15(9-12)17-11-14-7-3-2-6-13(14)10-16/h2-9H,10-11,16H2,1H3. The number of benzene rings is 2. The normalized spacial score (nSPS) is 10.5. The fourth-order valence-corrected chi connectivity index (χ4v) is 2.81. The van der Waals surface area contributed by atoms with Crippen molar-refractivity contribution in [3.05, 3.63) is 65.2 Å². The summed E-state index contributed by atoms with van der Waals surface area (Å²) in [7, 11) is 0. The highest BCUT2D eigenvalue weighted by molar-refractivity contribution is 7.98. The smallest absolute Gasteiger partial charge is 0.0235 e. The Labute approximate surface area is 107 Å². The first kappa shape index (κ1) is 12.2. The SMILES string of the molecule is Cc1cccc(SCc2ccccc2CN)c1. The van der Waals surface area contributed by atoms with Crippen LogP contribution in [0.4, 0.5) is 0 Å². The molecule has 1 nitrogen and oxygen atoms in total. The van der Waals surface area contributed by atoms with Crippen molar-refractivity contribution in [1.82, 2.24) is 0 Å². The zero-order valence-corrected chi connectivity index (χ0v) is 10.8. The van der Waals surface area contributed by atoms with E-state index in [9.17, 15) is 0 Å². The average Bonchev–Trinajstić information content (AvgIpc) is 2.37. The first-order valence-corrected chi connectivity index (χ1v) is 6.74. The monoisotopic (exact) mass is 243 g/mol. The van der Waals surface area contributed by atoms with Gasteiger partial charge in [0.15, 0.2) is 0 Å². The van der Waals surface area contributed by atoms with Crippen LogP contribution in [-0.2, 0) is 12.3 Å². The molecule has 0 saturated carbocycles.